The van der Waals surface area contributed by atoms with Crippen LogP contribution >= 0.6 is 11.3 Å². The SMILES string of the molecule is COc1ccc(OC)c(NC(=O)c2ccc(-n3nc(C(F)(F)F)cc3-c3cccs3)cc2)c1. The normalized spacial score (nSPS) is 11.3. The minimum absolute atomic E-state index is 0.310. The Balaban J connectivity index is 1.63. The predicted molar refractivity (Wildman–Crippen MR) is 119 cm³/mol. The van der Waals surface area contributed by atoms with Crippen molar-refractivity contribution in [1.29, 1.82) is 0 Å². The molecule has 10 heteroatoms. The third-order valence-electron chi connectivity index (χ3n) is 4.80. The lowest BCUT2D eigenvalue weighted by atomic mass is 10.1. The molecule has 1 N–H and O–H groups in total. The van der Waals surface area contributed by atoms with Gasteiger partial charge in [0.25, 0.3) is 5.91 Å². The number of carbonyl (C=O) groups is 1. The highest BCUT2D eigenvalue weighted by molar-refractivity contribution is 7.13. The zero-order chi connectivity index (χ0) is 23.6. The summed E-state index contributed by atoms with van der Waals surface area (Å²) in [5.74, 6) is 0.585. The maximum Gasteiger partial charge on any atom is 0.435 e. The monoisotopic (exact) mass is 473 g/mol. The van der Waals surface area contributed by atoms with Gasteiger partial charge in [0.1, 0.15) is 11.5 Å². The molecule has 4 rings (SSSR count). The van der Waals surface area contributed by atoms with Crippen molar-refractivity contribution in [1.82, 2.24) is 9.78 Å². The number of thiophene rings is 1. The number of aromatic nitrogens is 2. The maximum atomic E-state index is 13.3. The average Bonchev–Trinajstić information content (AvgIpc) is 3.49. The first-order valence-corrected chi connectivity index (χ1v) is 10.5. The highest BCUT2D eigenvalue weighted by atomic mass is 32.1. The molecular formula is C23H18F3N3O3S. The van der Waals surface area contributed by atoms with Gasteiger partial charge in [-0.05, 0) is 53.9 Å². The first-order chi connectivity index (χ1) is 15.8. The van der Waals surface area contributed by atoms with Crippen molar-refractivity contribution in [2.45, 2.75) is 6.18 Å². The van der Waals surface area contributed by atoms with Gasteiger partial charge in [-0.25, -0.2) is 4.68 Å². The van der Waals surface area contributed by atoms with Gasteiger partial charge in [0.15, 0.2) is 5.69 Å². The summed E-state index contributed by atoms with van der Waals surface area (Å²) in [6.07, 6.45) is -4.58. The van der Waals surface area contributed by atoms with Gasteiger partial charge in [-0.15, -0.1) is 11.3 Å². The van der Waals surface area contributed by atoms with E-state index in [1.807, 2.05) is 0 Å². The number of benzene rings is 2. The highest BCUT2D eigenvalue weighted by Crippen LogP contribution is 2.35. The summed E-state index contributed by atoms with van der Waals surface area (Å²) < 4.78 is 51.5. The third-order valence-corrected chi connectivity index (χ3v) is 5.69. The molecule has 0 aliphatic rings. The summed E-state index contributed by atoms with van der Waals surface area (Å²) in [5.41, 5.74) is 0.454. The molecule has 6 nitrogen and oxygen atoms in total. The Kier molecular flexibility index (Phi) is 6.10. The molecule has 0 spiro atoms. The molecule has 0 saturated carbocycles. The van der Waals surface area contributed by atoms with Crippen molar-refractivity contribution in [3.8, 4) is 27.8 Å². The molecule has 0 aliphatic heterocycles. The number of hydrogen-bond acceptors (Lipinski definition) is 5. The summed E-state index contributed by atoms with van der Waals surface area (Å²) in [6.45, 7) is 0. The zero-order valence-corrected chi connectivity index (χ0v) is 18.3. The summed E-state index contributed by atoms with van der Waals surface area (Å²) in [5, 5.41) is 8.29. The lowest BCUT2D eigenvalue weighted by Gasteiger charge is -2.12. The first-order valence-electron chi connectivity index (χ1n) is 9.65. The molecule has 0 bridgehead atoms. The number of methoxy groups -OCH3 is 2. The Hall–Kier alpha value is -3.79. The number of anilines is 1. The van der Waals surface area contributed by atoms with Gasteiger partial charge >= 0.3 is 6.18 Å². The fourth-order valence-corrected chi connectivity index (χ4v) is 3.90. The van der Waals surface area contributed by atoms with Crippen LogP contribution in [0.25, 0.3) is 16.3 Å². The van der Waals surface area contributed by atoms with Crippen LogP contribution in [0.3, 0.4) is 0 Å². The number of hydrogen-bond donors (Lipinski definition) is 1. The molecule has 4 aromatic rings. The topological polar surface area (TPSA) is 65.4 Å². The van der Waals surface area contributed by atoms with Gasteiger partial charge < -0.3 is 14.8 Å². The van der Waals surface area contributed by atoms with Crippen molar-refractivity contribution in [2.75, 3.05) is 19.5 Å². The zero-order valence-electron chi connectivity index (χ0n) is 17.5. The number of carbonyl (C=O) groups excluding carboxylic acids is 1. The van der Waals surface area contributed by atoms with Crippen molar-refractivity contribution < 1.29 is 27.4 Å². The Bertz CT molecular complexity index is 1270. The van der Waals surface area contributed by atoms with E-state index in [9.17, 15) is 18.0 Å². The van der Waals surface area contributed by atoms with Crippen LogP contribution < -0.4 is 14.8 Å². The van der Waals surface area contributed by atoms with Gasteiger partial charge in [-0.2, -0.15) is 18.3 Å². The molecule has 170 valence electrons. The fourth-order valence-electron chi connectivity index (χ4n) is 3.18. The van der Waals surface area contributed by atoms with E-state index in [-0.39, 0.29) is 0 Å². The minimum atomic E-state index is -4.58. The lowest BCUT2D eigenvalue weighted by molar-refractivity contribution is -0.141. The van der Waals surface area contributed by atoms with Crippen LogP contribution in [0.1, 0.15) is 16.1 Å². The van der Waals surface area contributed by atoms with Crippen LogP contribution in [-0.4, -0.2) is 29.9 Å². The Labute approximate surface area is 191 Å². The van der Waals surface area contributed by atoms with E-state index in [1.54, 1.807) is 47.8 Å². The molecule has 0 fully saturated rings. The van der Waals surface area contributed by atoms with Gasteiger partial charge in [0.2, 0.25) is 0 Å². The van der Waals surface area contributed by atoms with Crippen LogP contribution in [0.15, 0.2) is 66.0 Å². The van der Waals surface area contributed by atoms with Crippen LogP contribution in [0.4, 0.5) is 18.9 Å². The van der Waals surface area contributed by atoms with Crippen LogP contribution in [-0.2, 0) is 6.18 Å². The fraction of sp³-hybridized carbons (Fsp3) is 0.130. The van der Waals surface area contributed by atoms with Crippen molar-refractivity contribution in [3.63, 3.8) is 0 Å². The number of rotatable bonds is 6. The highest BCUT2D eigenvalue weighted by Gasteiger charge is 2.35. The van der Waals surface area contributed by atoms with E-state index < -0.39 is 17.8 Å². The molecule has 0 unspecified atom stereocenters. The predicted octanol–water partition coefficient (Wildman–Crippen LogP) is 5.89. The molecule has 0 atom stereocenters. The summed E-state index contributed by atoms with van der Waals surface area (Å²) in [7, 11) is 2.99. The molecule has 0 aliphatic carbocycles. The van der Waals surface area contributed by atoms with Gasteiger partial charge in [-0.1, -0.05) is 6.07 Å². The Morgan fingerprint density at radius 1 is 1.03 bits per heavy atom. The van der Waals surface area contributed by atoms with E-state index in [4.69, 9.17) is 9.47 Å². The molecule has 0 radical (unpaired) electrons. The number of alkyl halides is 3. The van der Waals surface area contributed by atoms with Crippen LogP contribution in [0.2, 0.25) is 0 Å². The number of nitrogens with zero attached hydrogens (tertiary/aromatic N) is 2. The van der Waals surface area contributed by atoms with E-state index in [1.165, 1.54) is 42.4 Å². The Morgan fingerprint density at radius 3 is 2.39 bits per heavy atom. The minimum Gasteiger partial charge on any atom is -0.497 e. The second kappa shape index (κ2) is 8.99. The van der Waals surface area contributed by atoms with Crippen molar-refractivity contribution in [3.05, 3.63) is 77.3 Å². The smallest absolute Gasteiger partial charge is 0.435 e. The van der Waals surface area contributed by atoms with Crippen LogP contribution in [0.5, 0.6) is 11.5 Å². The van der Waals surface area contributed by atoms with E-state index in [2.05, 4.69) is 10.4 Å². The van der Waals surface area contributed by atoms with E-state index in [0.717, 1.165) is 6.07 Å². The average molecular weight is 473 g/mol. The molecule has 1 amide bonds. The van der Waals surface area contributed by atoms with Gasteiger partial charge in [0, 0.05) is 11.6 Å². The number of halogens is 3. The van der Waals surface area contributed by atoms with E-state index in [0.29, 0.717) is 39.0 Å². The maximum absolute atomic E-state index is 13.3. The molecular weight excluding hydrogens is 455 g/mol. The summed E-state index contributed by atoms with van der Waals surface area (Å²) >= 11 is 1.31. The van der Waals surface area contributed by atoms with Gasteiger partial charge in [-0.3, -0.25) is 4.79 Å². The van der Waals surface area contributed by atoms with Gasteiger partial charge in [0.05, 0.1) is 36.2 Å². The summed E-state index contributed by atoms with van der Waals surface area (Å²) in [4.78, 5) is 13.4. The second-order valence-corrected chi connectivity index (χ2v) is 7.82. The number of nitrogens with one attached hydrogen (secondary N) is 1. The number of ether oxygens (including phenoxy) is 2. The molecule has 0 saturated heterocycles. The largest absolute Gasteiger partial charge is 0.497 e. The standard InChI is InChI=1S/C23H18F3N3O3S/c1-31-16-9-10-19(32-2)17(12-16)27-22(30)14-5-7-15(8-6-14)29-18(20-4-3-11-33-20)13-21(28-29)23(24,25)26/h3-13H,1-2H3,(H,27,30). The summed E-state index contributed by atoms with van der Waals surface area (Å²) in [6, 6.07) is 15.6. The lowest BCUT2D eigenvalue weighted by Crippen LogP contribution is -2.13. The Morgan fingerprint density at radius 2 is 1.79 bits per heavy atom. The quantitative estimate of drug-likeness (QED) is 0.379. The third kappa shape index (κ3) is 4.70. The van der Waals surface area contributed by atoms with Crippen molar-refractivity contribution in [2.24, 2.45) is 0 Å². The molecule has 33 heavy (non-hydrogen) atoms. The van der Waals surface area contributed by atoms with Crippen LogP contribution in [0, 0.1) is 0 Å². The van der Waals surface area contributed by atoms with E-state index >= 15 is 0 Å². The second-order valence-electron chi connectivity index (χ2n) is 6.87. The first kappa shape index (κ1) is 22.4. The molecule has 2 aromatic heterocycles. The van der Waals surface area contributed by atoms with Crippen molar-refractivity contribution >= 4 is 22.9 Å². The number of amides is 1. The molecule has 2 heterocycles. The molecule has 2 aromatic carbocycles.